The molecule has 7 nitrogen and oxygen atoms in total. The van der Waals surface area contributed by atoms with Crippen molar-refractivity contribution >= 4 is 11.5 Å². The molecule has 0 saturated heterocycles. The minimum atomic E-state index is -0.302. The van der Waals surface area contributed by atoms with E-state index in [2.05, 4.69) is 15.1 Å². The molecule has 0 unspecified atom stereocenters. The Kier molecular flexibility index (Phi) is 3.88. The zero-order valence-electron chi connectivity index (χ0n) is 12.2. The van der Waals surface area contributed by atoms with Gasteiger partial charge in [0.25, 0.3) is 5.56 Å². The molecule has 1 aromatic carbocycles. The molecule has 0 fully saturated rings. The molecule has 0 spiro atoms. The second kappa shape index (κ2) is 5.98. The normalized spacial score (nSPS) is 12.6. The first-order valence-electron chi connectivity index (χ1n) is 7.01. The first-order chi connectivity index (χ1) is 10.6. The number of H-pyrrole nitrogens is 1. The SMILES string of the molecule is C[C@H](Cc1ncc2c(=O)[nH]c(N)nn12)OCc1ccccc1. The fourth-order valence-electron chi connectivity index (χ4n) is 2.23. The van der Waals surface area contributed by atoms with E-state index in [1.54, 1.807) is 0 Å². The van der Waals surface area contributed by atoms with E-state index >= 15 is 0 Å². The van der Waals surface area contributed by atoms with Gasteiger partial charge < -0.3 is 10.5 Å². The summed E-state index contributed by atoms with van der Waals surface area (Å²) in [5.41, 5.74) is 6.76. The van der Waals surface area contributed by atoms with Crippen molar-refractivity contribution in [3.8, 4) is 0 Å². The summed E-state index contributed by atoms with van der Waals surface area (Å²) in [4.78, 5) is 18.4. The van der Waals surface area contributed by atoms with Gasteiger partial charge in [-0.25, -0.2) is 9.50 Å². The van der Waals surface area contributed by atoms with Crippen molar-refractivity contribution in [1.82, 2.24) is 19.6 Å². The van der Waals surface area contributed by atoms with Crippen LogP contribution in [0.25, 0.3) is 5.52 Å². The number of rotatable bonds is 5. The number of nitrogens with zero attached hydrogens (tertiary/aromatic N) is 3. The summed E-state index contributed by atoms with van der Waals surface area (Å²) in [6, 6.07) is 9.95. The number of aromatic nitrogens is 4. The number of ether oxygens (including phenoxy) is 1. The summed E-state index contributed by atoms with van der Waals surface area (Å²) in [7, 11) is 0. The van der Waals surface area contributed by atoms with E-state index in [4.69, 9.17) is 10.5 Å². The zero-order valence-corrected chi connectivity index (χ0v) is 12.2. The summed E-state index contributed by atoms with van der Waals surface area (Å²) in [5.74, 6) is 0.711. The second-order valence-corrected chi connectivity index (χ2v) is 5.12. The quantitative estimate of drug-likeness (QED) is 0.736. The van der Waals surface area contributed by atoms with Crippen LogP contribution in [0.3, 0.4) is 0 Å². The van der Waals surface area contributed by atoms with Gasteiger partial charge in [-0.3, -0.25) is 9.78 Å². The average molecular weight is 299 g/mol. The number of hydrogen-bond donors (Lipinski definition) is 2. The van der Waals surface area contributed by atoms with Crippen molar-refractivity contribution in [2.45, 2.75) is 26.1 Å². The molecule has 1 atom stereocenters. The van der Waals surface area contributed by atoms with Gasteiger partial charge in [0.1, 0.15) is 5.82 Å². The van der Waals surface area contributed by atoms with Crippen LogP contribution in [0.1, 0.15) is 18.3 Å². The van der Waals surface area contributed by atoms with Crippen molar-refractivity contribution in [3.63, 3.8) is 0 Å². The molecule has 0 aliphatic carbocycles. The first kappa shape index (κ1) is 14.3. The van der Waals surface area contributed by atoms with Gasteiger partial charge in [-0.05, 0) is 12.5 Å². The van der Waals surface area contributed by atoms with E-state index in [0.717, 1.165) is 5.56 Å². The highest BCUT2D eigenvalue weighted by atomic mass is 16.5. The van der Waals surface area contributed by atoms with Crippen LogP contribution in [0, 0.1) is 0 Å². The van der Waals surface area contributed by atoms with Crippen molar-refractivity contribution in [2.24, 2.45) is 0 Å². The highest BCUT2D eigenvalue weighted by Crippen LogP contribution is 2.09. The molecule has 0 aliphatic rings. The Bertz CT molecular complexity index is 825. The third-order valence-electron chi connectivity index (χ3n) is 3.34. The molecule has 0 bridgehead atoms. The van der Waals surface area contributed by atoms with Crippen molar-refractivity contribution in [1.29, 1.82) is 0 Å². The minimum Gasteiger partial charge on any atom is -0.373 e. The van der Waals surface area contributed by atoms with Gasteiger partial charge in [0.05, 0.1) is 18.9 Å². The highest BCUT2D eigenvalue weighted by molar-refractivity contribution is 5.43. The van der Waals surface area contributed by atoms with Gasteiger partial charge in [-0.1, -0.05) is 30.3 Å². The fraction of sp³-hybridized carbons (Fsp3) is 0.267. The number of benzene rings is 1. The minimum absolute atomic E-state index is 0.0619. The summed E-state index contributed by atoms with van der Waals surface area (Å²) in [5, 5.41) is 4.09. The Labute approximate surface area is 126 Å². The molecule has 114 valence electrons. The molecule has 2 aromatic heterocycles. The lowest BCUT2D eigenvalue weighted by molar-refractivity contribution is 0.0520. The molecule has 0 saturated carbocycles. The van der Waals surface area contributed by atoms with Crippen LogP contribution >= 0.6 is 0 Å². The molecule has 0 aliphatic heterocycles. The van der Waals surface area contributed by atoms with E-state index in [9.17, 15) is 4.79 Å². The van der Waals surface area contributed by atoms with Gasteiger partial charge in [0.15, 0.2) is 5.52 Å². The third-order valence-corrected chi connectivity index (χ3v) is 3.34. The van der Waals surface area contributed by atoms with E-state index in [1.165, 1.54) is 10.7 Å². The largest absolute Gasteiger partial charge is 0.373 e. The van der Waals surface area contributed by atoms with Gasteiger partial charge in [0.2, 0.25) is 5.95 Å². The number of nitrogen functional groups attached to an aromatic ring is 1. The van der Waals surface area contributed by atoms with Crippen molar-refractivity contribution < 1.29 is 4.74 Å². The molecular formula is C15H17N5O2. The van der Waals surface area contributed by atoms with Crippen LogP contribution in [-0.2, 0) is 17.8 Å². The maximum absolute atomic E-state index is 11.7. The van der Waals surface area contributed by atoms with Gasteiger partial charge in [0, 0.05) is 6.42 Å². The molecule has 3 aromatic rings. The number of fused-ring (bicyclic) bond motifs is 1. The molecule has 0 amide bonds. The van der Waals surface area contributed by atoms with Crippen LogP contribution in [0.15, 0.2) is 41.3 Å². The van der Waals surface area contributed by atoms with Crippen LogP contribution < -0.4 is 11.3 Å². The Morgan fingerprint density at radius 2 is 2.14 bits per heavy atom. The number of nitrogens with one attached hydrogen (secondary N) is 1. The average Bonchev–Trinajstić information content (AvgIpc) is 2.89. The zero-order chi connectivity index (χ0) is 15.5. The summed E-state index contributed by atoms with van der Waals surface area (Å²) in [6.07, 6.45) is 1.97. The smallest absolute Gasteiger partial charge is 0.278 e. The lowest BCUT2D eigenvalue weighted by Gasteiger charge is -2.12. The number of aromatic amines is 1. The van der Waals surface area contributed by atoms with Crippen LogP contribution in [0.2, 0.25) is 0 Å². The van der Waals surface area contributed by atoms with Crippen molar-refractivity contribution in [3.05, 3.63) is 58.3 Å². The number of nitrogens with two attached hydrogens (primary N) is 1. The molecule has 3 N–H and O–H groups in total. The van der Waals surface area contributed by atoms with Crippen LogP contribution in [-0.4, -0.2) is 25.7 Å². The molecule has 22 heavy (non-hydrogen) atoms. The topological polar surface area (TPSA) is 98.3 Å². The molecule has 0 radical (unpaired) electrons. The number of hydrogen-bond acceptors (Lipinski definition) is 5. The van der Waals surface area contributed by atoms with E-state index in [1.807, 2.05) is 37.3 Å². The molecule has 2 heterocycles. The number of imidazole rings is 1. The highest BCUT2D eigenvalue weighted by Gasteiger charge is 2.13. The number of anilines is 1. The Balaban J connectivity index is 1.71. The lowest BCUT2D eigenvalue weighted by Crippen LogP contribution is -2.18. The van der Waals surface area contributed by atoms with Gasteiger partial charge in [-0.15, -0.1) is 5.10 Å². The standard InChI is InChI=1S/C15H17N5O2/c1-10(22-9-11-5-3-2-4-6-11)7-13-17-8-12-14(21)18-15(16)19-20(12)13/h2-6,8,10H,7,9H2,1H3,(H3,16,18,19,21)/t10-/m1/s1. The fourth-order valence-corrected chi connectivity index (χ4v) is 2.23. The third kappa shape index (κ3) is 2.99. The van der Waals surface area contributed by atoms with Gasteiger partial charge >= 0.3 is 0 Å². The predicted molar refractivity (Wildman–Crippen MR) is 82.4 cm³/mol. The Hall–Kier alpha value is -2.67. The summed E-state index contributed by atoms with van der Waals surface area (Å²) < 4.78 is 7.28. The van der Waals surface area contributed by atoms with E-state index < -0.39 is 0 Å². The molecule has 3 rings (SSSR count). The monoisotopic (exact) mass is 299 g/mol. The Morgan fingerprint density at radius 1 is 1.36 bits per heavy atom. The van der Waals surface area contributed by atoms with Gasteiger partial charge in [-0.2, -0.15) is 0 Å². The lowest BCUT2D eigenvalue weighted by atomic mass is 10.2. The van der Waals surface area contributed by atoms with Crippen LogP contribution in [0.5, 0.6) is 0 Å². The summed E-state index contributed by atoms with van der Waals surface area (Å²) >= 11 is 0. The summed E-state index contributed by atoms with van der Waals surface area (Å²) in [6.45, 7) is 2.49. The molecule has 7 heteroatoms. The predicted octanol–water partition coefficient (Wildman–Crippen LogP) is 1.15. The second-order valence-electron chi connectivity index (χ2n) is 5.12. The Morgan fingerprint density at radius 3 is 2.91 bits per heavy atom. The maximum Gasteiger partial charge on any atom is 0.278 e. The van der Waals surface area contributed by atoms with Crippen LogP contribution in [0.4, 0.5) is 5.95 Å². The first-order valence-corrected chi connectivity index (χ1v) is 7.01. The van der Waals surface area contributed by atoms with Crippen molar-refractivity contribution in [2.75, 3.05) is 5.73 Å². The van der Waals surface area contributed by atoms with E-state index in [0.29, 0.717) is 24.4 Å². The maximum atomic E-state index is 11.7. The molecular weight excluding hydrogens is 282 g/mol. The van der Waals surface area contributed by atoms with E-state index in [-0.39, 0.29) is 17.6 Å².